The van der Waals surface area contributed by atoms with Gasteiger partial charge in [0.15, 0.2) is 0 Å². The molecule has 0 aliphatic carbocycles. The third kappa shape index (κ3) is 3.93. The lowest BCUT2D eigenvalue weighted by atomic mass is 10.00. The van der Waals surface area contributed by atoms with E-state index in [4.69, 9.17) is 9.47 Å². The third-order valence-electron chi connectivity index (χ3n) is 5.33. The number of carbonyl (C=O) groups is 1. The Morgan fingerprint density at radius 3 is 2.22 bits per heavy atom. The molecule has 0 aliphatic heterocycles. The molecule has 32 heavy (non-hydrogen) atoms. The van der Waals surface area contributed by atoms with E-state index in [9.17, 15) is 18.0 Å². The van der Waals surface area contributed by atoms with E-state index >= 15 is 0 Å². The molecule has 4 aromatic rings. The van der Waals surface area contributed by atoms with Crippen LogP contribution >= 0.6 is 0 Å². The van der Waals surface area contributed by atoms with Crippen molar-refractivity contribution in [3.8, 4) is 16.9 Å². The van der Waals surface area contributed by atoms with E-state index in [1.54, 1.807) is 25.3 Å². The number of methoxy groups -OCH3 is 2. The van der Waals surface area contributed by atoms with Gasteiger partial charge in [0.2, 0.25) is 0 Å². The van der Waals surface area contributed by atoms with E-state index < -0.39 is 17.7 Å². The molecule has 4 rings (SSSR count). The minimum absolute atomic E-state index is 0.263. The number of ether oxygens (including phenoxy) is 2. The van der Waals surface area contributed by atoms with Crippen LogP contribution in [0.3, 0.4) is 0 Å². The summed E-state index contributed by atoms with van der Waals surface area (Å²) in [5.74, 6) is 0.0192. The fourth-order valence-electron chi connectivity index (χ4n) is 3.81. The first-order chi connectivity index (χ1) is 15.3. The zero-order chi connectivity index (χ0) is 22.9. The number of fused-ring (bicyclic) bond motifs is 1. The van der Waals surface area contributed by atoms with Crippen molar-refractivity contribution >= 4 is 16.9 Å². The molecule has 0 bridgehead atoms. The molecule has 7 heteroatoms. The summed E-state index contributed by atoms with van der Waals surface area (Å²) in [5.41, 5.74) is 2.18. The Balaban J connectivity index is 2.00. The predicted octanol–water partition coefficient (Wildman–Crippen LogP) is 6.17. The van der Waals surface area contributed by atoms with E-state index in [-0.39, 0.29) is 5.69 Å². The smallest absolute Gasteiger partial charge is 0.416 e. The van der Waals surface area contributed by atoms with Crippen molar-refractivity contribution in [2.24, 2.45) is 0 Å². The number of hydrogen-bond acceptors (Lipinski definition) is 3. The normalized spacial score (nSPS) is 11.5. The summed E-state index contributed by atoms with van der Waals surface area (Å²) in [5, 5.41) is 0.710. The number of benzene rings is 3. The van der Waals surface area contributed by atoms with Crippen LogP contribution in [0, 0.1) is 0 Å². The monoisotopic (exact) mass is 439 g/mol. The van der Waals surface area contributed by atoms with Gasteiger partial charge in [-0.2, -0.15) is 13.2 Å². The Kier molecular flexibility index (Phi) is 5.65. The van der Waals surface area contributed by atoms with Gasteiger partial charge in [0, 0.05) is 23.6 Å². The minimum atomic E-state index is -4.45. The van der Waals surface area contributed by atoms with Crippen LogP contribution in [-0.4, -0.2) is 24.8 Å². The van der Waals surface area contributed by atoms with Gasteiger partial charge in [0.25, 0.3) is 0 Å². The van der Waals surface area contributed by atoms with Crippen LogP contribution in [0.2, 0.25) is 0 Å². The number of rotatable bonds is 5. The van der Waals surface area contributed by atoms with Crippen molar-refractivity contribution in [1.82, 2.24) is 4.57 Å². The number of nitrogens with zero attached hydrogens (tertiary/aromatic N) is 1. The molecule has 0 amide bonds. The van der Waals surface area contributed by atoms with Gasteiger partial charge in [0.05, 0.1) is 25.3 Å². The molecule has 0 aliphatic rings. The average molecular weight is 439 g/mol. The molecule has 0 unspecified atom stereocenters. The van der Waals surface area contributed by atoms with Crippen LogP contribution in [0.1, 0.15) is 21.6 Å². The van der Waals surface area contributed by atoms with Gasteiger partial charge in [-0.25, -0.2) is 4.79 Å². The molecule has 0 radical (unpaired) electrons. The molecule has 0 atom stereocenters. The maximum Gasteiger partial charge on any atom is 0.416 e. The van der Waals surface area contributed by atoms with Crippen LogP contribution in [0.5, 0.6) is 5.75 Å². The standard InChI is InChI=1S/C25H20F3NO3/c1-31-19-12-13-20-21(14-19)29(15-16-6-4-3-5-7-16)23(24(30)32-2)22(20)17-8-10-18(11-9-17)25(26,27)28/h3-14H,15H2,1-2H3. The van der Waals surface area contributed by atoms with Gasteiger partial charge in [-0.15, -0.1) is 0 Å². The maximum absolute atomic E-state index is 13.1. The predicted molar refractivity (Wildman–Crippen MR) is 116 cm³/mol. The van der Waals surface area contributed by atoms with Crippen molar-refractivity contribution in [3.05, 3.63) is 89.6 Å². The first-order valence-corrected chi connectivity index (χ1v) is 9.83. The maximum atomic E-state index is 13.1. The molecule has 0 spiro atoms. The van der Waals surface area contributed by atoms with Crippen molar-refractivity contribution < 1.29 is 27.4 Å². The SMILES string of the molecule is COC(=O)c1c(-c2ccc(C(F)(F)F)cc2)c2ccc(OC)cc2n1Cc1ccccc1. The number of esters is 1. The second kappa shape index (κ2) is 8.42. The molecule has 0 fully saturated rings. The van der Waals surface area contributed by atoms with Crippen LogP contribution < -0.4 is 4.74 Å². The molecule has 0 saturated carbocycles. The second-order valence-electron chi connectivity index (χ2n) is 7.25. The second-order valence-corrected chi connectivity index (χ2v) is 7.25. The molecule has 4 nitrogen and oxygen atoms in total. The zero-order valence-corrected chi connectivity index (χ0v) is 17.4. The Hall–Kier alpha value is -3.74. The zero-order valence-electron chi connectivity index (χ0n) is 17.4. The highest BCUT2D eigenvalue weighted by molar-refractivity contribution is 6.09. The summed E-state index contributed by atoms with van der Waals surface area (Å²) >= 11 is 0. The Morgan fingerprint density at radius 1 is 0.938 bits per heavy atom. The van der Waals surface area contributed by atoms with Gasteiger partial charge in [-0.3, -0.25) is 0 Å². The summed E-state index contributed by atoms with van der Waals surface area (Å²) in [4.78, 5) is 12.9. The van der Waals surface area contributed by atoms with Crippen LogP contribution in [0.4, 0.5) is 13.2 Å². The molecule has 1 aromatic heterocycles. The Morgan fingerprint density at radius 2 is 1.62 bits per heavy atom. The van der Waals surface area contributed by atoms with E-state index in [2.05, 4.69) is 0 Å². The molecule has 164 valence electrons. The van der Waals surface area contributed by atoms with Crippen molar-refractivity contribution in [3.63, 3.8) is 0 Å². The fourth-order valence-corrected chi connectivity index (χ4v) is 3.81. The lowest BCUT2D eigenvalue weighted by molar-refractivity contribution is -0.137. The highest BCUT2D eigenvalue weighted by Gasteiger charge is 2.31. The van der Waals surface area contributed by atoms with Gasteiger partial charge >= 0.3 is 12.1 Å². The molecule has 0 saturated heterocycles. The number of hydrogen-bond donors (Lipinski definition) is 0. The summed E-state index contributed by atoms with van der Waals surface area (Å²) in [7, 11) is 2.83. The summed E-state index contributed by atoms with van der Waals surface area (Å²) in [6.45, 7) is 0.371. The van der Waals surface area contributed by atoms with E-state index in [0.717, 1.165) is 17.7 Å². The fraction of sp³-hybridized carbons (Fsp3) is 0.160. The molecular weight excluding hydrogens is 419 g/mol. The van der Waals surface area contributed by atoms with Crippen LogP contribution in [0.15, 0.2) is 72.8 Å². The van der Waals surface area contributed by atoms with Crippen molar-refractivity contribution in [2.45, 2.75) is 12.7 Å². The Labute approximate surface area is 182 Å². The molecule has 3 aromatic carbocycles. The van der Waals surface area contributed by atoms with Gasteiger partial charge in [-0.1, -0.05) is 42.5 Å². The highest BCUT2D eigenvalue weighted by Crippen LogP contribution is 2.39. The first-order valence-electron chi connectivity index (χ1n) is 9.83. The third-order valence-corrected chi connectivity index (χ3v) is 5.33. The summed E-state index contributed by atoms with van der Waals surface area (Å²) in [6.07, 6.45) is -4.45. The number of carbonyl (C=O) groups excluding carboxylic acids is 1. The van der Waals surface area contributed by atoms with Gasteiger partial charge < -0.3 is 14.0 Å². The quantitative estimate of drug-likeness (QED) is 0.349. The van der Waals surface area contributed by atoms with Crippen LogP contribution in [-0.2, 0) is 17.5 Å². The minimum Gasteiger partial charge on any atom is -0.497 e. The summed E-state index contributed by atoms with van der Waals surface area (Å²) in [6, 6.07) is 19.7. The van der Waals surface area contributed by atoms with Crippen LogP contribution in [0.25, 0.3) is 22.0 Å². The van der Waals surface area contributed by atoms with Gasteiger partial charge in [0.1, 0.15) is 11.4 Å². The van der Waals surface area contributed by atoms with Crippen molar-refractivity contribution in [2.75, 3.05) is 14.2 Å². The number of aromatic nitrogens is 1. The molecule has 1 heterocycles. The average Bonchev–Trinajstić information content (AvgIpc) is 3.12. The Bertz CT molecular complexity index is 1260. The van der Waals surface area contributed by atoms with Gasteiger partial charge in [-0.05, 0) is 35.4 Å². The topological polar surface area (TPSA) is 40.5 Å². The van der Waals surface area contributed by atoms with E-state index in [0.29, 0.717) is 34.3 Å². The molecular formula is C25H20F3NO3. The first kappa shape index (κ1) is 21.5. The van der Waals surface area contributed by atoms with Crippen molar-refractivity contribution in [1.29, 1.82) is 0 Å². The largest absolute Gasteiger partial charge is 0.497 e. The summed E-state index contributed by atoms with van der Waals surface area (Å²) < 4.78 is 51.5. The number of halogens is 3. The van der Waals surface area contributed by atoms with E-state index in [1.165, 1.54) is 19.2 Å². The lowest BCUT2D eigenvalue weighted by Crippen LogP contribution is -2.12. The number of alkyl halides is 3. The highest BCUT2D eigenvalue weighted by atomic mass is 19.4. The lowest BCUT2D eigenvalue weighted by Gasteiger charge is -2.12. The molecule has 0 N–H and O–H groups in total. The van der Waals surface area contributed by atoms with E-state index in [1.807, 2.05) is 34.9 Å².